The lowest BCUT2D eigenvalue weighted by Gasteiger charge is -2.23. The number of nitrogens with one attached hydrogen (secondary N) is 1. The number of fused-ring (bicyclic) bond motifs is 2. The first-order valence-corrected chi connectivity index (χ1v) is 9.67. The lowest BCUT2D eigenvalue weighted by molar-refractivity contribution is 0.177. The lowest BCUT2D eigenvalue weighted by atomic mass is 10.1. The minimum Gasteiger partial charge on any atom is -0.377 e. The molecule has 0 bridgehead atoms. The van der Waals surface area contributed by atoms with Gasteiger partial charge in [-0.3, -0.25) is 0 Å². The molecule has 10 heteroatoms. The van der Waals surface area contributed by atoms with Crippen molar-refractivity contribution in [1.29, 1.82) is 0 Å². The number of thiophene rings is 1. The van der Waals surface area contributed by atoms with Crippen LogP contribution < -0.4 is 5.32 Å². The lowest BCUT2D eigenvalue weighted by Crippen LogP contribution is -2.32. The van der Waals surface area contributed by atoms with Gasteiger partial charge >= 0.3 is 0 Å². The number of rotatable bonds is 5. The highest BCUT2D eigenvalue weighted by Crippen LogP contribution is 2.22. The maximum absolute atomic E-state index is 5.13. The van der Waals surface area contributed by atoms with Crippen molar-refractivity contribution in [3.8, 4) is 11.4 Å². The maximum Gasteiger partial charge on any atom is 0.186 e. The molecule has 0 radical (unpaired) electrons. The molecule has 0 fully saturated rings. The van der Waals surface area contributed by atoms with Gasteiger partial charge in [-0.1, -0.05) is 0 Å². The zero-order chi connectivity index (χ0) is 18.2. The standard InChI is InChI=1S/C17H18N8OS/c1-26-9-14-19-15-4-2-12(8-24(15)22-14)18-13-3-5-16-20-21-17(25(16)23-13)11-6-7-27-10-11/h3,5-7,10,12H,2,4,8-9H2,1H3,(H,18,23). The first-order valence-electron chi connectivity index (χ1n) is 8.73. The molecule has 1 aliphatic heterocycles. The monoisotopic (exact) mass is 382 g/mol. The highest BCUT2D eigenvalue weighted by Gasteiger charge is 2.22. The second kappa shape index (κ2) is 6.71. The average Bonchev–Trinajstić information content (AvgIpc) is 3.40. The van der Waals surface area contributed by atoms with E-state index < -0.39 is 0 Å². The van der Waals surface area contributed by atoms with Crippen LogP contribution in [0.25, 0.3) is 17.0 Å². The normalized spacial score (nSPS) is 16.6. The van der Waals surface area contributed by atoms with Gasteiger partial charge in [0.1, 0.15) is 18.2 Å². The van der Waals surface area contributed by atoms with Gasteiger partial charge in [0.15, 0.2) is 17.3 Å². The van der Waals surface area contributed by atoms with E-state index in [4.69, 9.17) is 9.84 Å². The van der Waals surface area contributed by atoms with E-state index in [9.17, 15) is 0 Å². The smallest absolute Gasteiger partial charge is 0.186 e. The summed E-state index contributed by atoms with van der Waals surface area (Å²) in [5, 5.41) is 25.3. The molecule has 0 saturated heterocycles. The number of aromatic nitrogens is 7. The van der Waals surface area contributed by atoms with Crippen LogP contribution in [0.1, 0.15) is 18.1 Å². The van der Waals surface area contributed by atoms with Crippen molar-refractivity contribution in [3.63, 3.8) is 0 Å². The molecule has 4 aromatic rings. The van der Waals surface area contributed by atoms with Gasteiger partial charge in [-0.2, -0.15) is 21.0 Å². The van der Waals surface area contributed by atoms with Crippen LogP contribution in [-0.2, 0) is 24.3 Å². The number of ether oxygens (including phenoxy) is 1. The van der Waals surface area contributed by atoms with Gasteiger partial charge in [0, 0.05) is 30.5 Å². The molecule has 138 valence electrons. The summed E-state index contributed by atoms with van der Waals surface area (Å²) in [4.78, 5) is 4.52. The molecule has 27 heavy (non-hydrogen) atoms. The van der Waals surface area contributed by atoms with Crippen molar-refractivity contribution in [2.45, 2.75) is 32.0 Å². The van der Waals surface area contributed by atoms with Crippen molar-refractivity contribution in [1.82, 2.24) is 34.6 Å². The van der Waals surface area contributed by atoms with Gasteiger partial charge in [0.25, 0.3) is 0 Å². The van der Waals surface area contributed by atoms with E-state index in [0.717, 1.165) is 53.9 Å². The number of nitrogens with zero attached hydrogens (tertiary/aromatic N) is 7. The molecule has 0 aromatic carbocycles. The predicted molar refractivity (Wildman–Crippen MR) is 101 cm³/mol. The van der Waals surface area contributed by atoms with E-state index >= 15 is 0 Å². The Morgan fingerprint density at radius 3 is 3.07 bits per heavy atom. The van der Waals surface area contributed by atoms with Crippen molar-refractivity contribution < 1.29 is 4.74 Å². The Labute approximate surface area is 159 Å². The Bertz CT molecular complexity index is 1070. The molecule has 0 saturated carbocycles. The van der Waals surface area contributed by atoms with E-state index in [1.807, 2.05) is 33.6 Å². The first kappa shape index (κ1) is 16.3. The van der Waals surface area contributed by atoms with Crippen LogP contribution in [0.3, 0.4) is 0 Å². The molecule has 9 nitrogen and oxygen atoms in total. The molecule has 0 amide bonds. The van der Waals surface area contributed by atoms with Gasteiger partial charge < -0.3 is 10.1 Å². The second-order valence-corrected chi connectivity index (χ2v) is 7.24. The highest BCUT2D eigenvalue weighted by atomic mass is 32.1. The first-order chi connectivity index (χ1) is 13.3. The number of hydrogen-bond acceptors (Lipinski definition) is 8. The van der Waals surface area contributed by atoms with Gasteiger partial charge in [-0.25, -0.2) is 9.67 Å². The topological polar surface area (TPSA) is 95.0 Å². The zero-order valence-corrected chi connectivity index (χ0v) is 15.6. The van der Waals surface area contributed by atoms with Crippen molar-refractivity contribution in [2.75, 3.05) is 12.4 Å². The highest BCUT2D eigenvalue weighted by molar-refractivity contribution is 7.08. The molecule has 1 atom stereocenters. The summed E-state index contributed by atoms with van der Waals surface area (Å²) < 4.78 is 8.87. The Balaban J connectivity index is 1.37. The molecule has 0 aliphatic carbocycles. The number of aryl methyl sites for hydroxylation is 1. The van der Waals surface area contributed by atoms with Gasteiger partial charge in [-0.05, 0) is 30.0 Å². The van der Waals surface area contributed by atoms with Crippen molar-refractivity contribution in [2.24, 2.45) is 0 Å². The molecular weight excluding hydrogens is 364 g/mol. The minimum absolute atomic E-state index is 0.237. The molecule has 1 aliphatic rings. The molecule has 4 aromatic heterocycles. The van der Waals surface area contributed by atoms with E-state index in [1.165, 1.54) is 0 Å². The fourth-order valence-corrected chi connectivity index (χ4v) is 3.95. The average molecular weight is 382 g/mol. The van der Waals surface area contributed by atoms with Crippen LogP contribution in [0.15, 0.2) is 29.0 Å². The zero-order valence-electron chi connectivity index (χ0n) is 14.7. The van der Waals surface area contributed by atoms with E-state index in [0.29, 0.717) is 6.61 Å². The van der Waals surface area contributed by atoms with Crippen LogP contribution >= 0.6 is 11.3 Å². The number of methoxy groups -OCH3 is 1. The summed E-state index contributed by atoms with van der Waals surface area (Å²) in [5.74, 6) is 3.30. The maximum atomic E-state index is 5.13. The van der Waals surface area contributed by atoms with E-state index in [1.54, 1.807) is 23.0 Å². The molecule has 0 spiro atoms. The van der Waals surface area contributed by atoms with E-state index in [-0.39, 0.29) is 6.04 Å². The van der Waals surface area contributed by atoms with Gasteiger partial charge in [0.2, 0.25) is 0 Å². The Morgan fingerprint density at radius 1 is 1.26 bits per heavy atom. The summed E-state index contributed by atoms with van der Waals surface area (Å²) in [6.45, 7) is 1.20. The third-order valence-electron chi connectivity index (χ3n) is 4.57. The third kappa shape index (κ3) is 3.06. The summed E-state index contributed by atoms with van der Waals surface area (Å²) in [6, 6.07) is 6.13. The van der Waals surface area contributed by atoms with Crippen LogP contribution in [0.4, 0.5) is 5.82 Å². The van der Waals surface area contributed by atoms with E-state index in [2.05, 4.69) is 25.6 Å². The van der Waals surface area contributed by atoms with Crippen LogP contribution in [0, 0.1) is 0 Å². The number of hydrogen-bond donors (Lipinski definition) is 1. The molecule has 5 rings (SSSR count). The largest absolute Gasteiger partial charge is 0.377 e. The SMILES string of the molecule is COCc1nc2n(n1)CC(Nc1ccc3nnc(-c4ccsc4)n3n1)CC2. The van der Waals surface area contributed by atoms with Crippen LogP contribution in [0.5, 0.6) is 0 Å². The second-order valence-electron chi connectivity index (χ2n) is 6.46. The molecule has 1 N–H and O–H groups in total. The van der Waals surface area contributed by atoms with Gasteiger partial charge in [-0.15, -0.1) is 15.3 Å². The Kier molecular flexibility index (Phi) is 4.06. The summed E-state index contributed by atoms with van der Waals surface area (Å²) in [7, 11) is 1.65. The Morgan fingerprint density at radius 2 is 2.22 bits per heavy atom. The van der Waals surface area contributed by atoms with Crippen molar-refractivity contribution in [3.05, 3.63) is 40.6 Å². The summed E-state index contributed by atoms with van der Waals surface area (Å²) in [6.07, 6.45) is 1.85. The predicted octanol–water partition coefficient (Wildman–Crippen LogP) is 2.02. The molecule has 1 unspecified atom stereocenters. The third-order valence-corrected chi connectivity index (χ3v) is 5.25. The summed E-state index contributed by atoms with van der Waals surface area (Å²) >= 11 is 1.63. The van der Waals surface area contributed by atoms with Crippen LogP contribution in [-0.4, -0.2) is 47.7 Å². The fourth-order valence-electron chi connectivity index (χ4n) is 3.32. The Hall–Kier alpha value is -2.85. The molecule has 5 heterocycles. The van der Waals surface area contributed by atoms with Crippen LogP contribution in [0.2, 0.25) is 0 Å². The summed E-state index contributed by atoms with van der Waals surface area (Å²) in [5.41, 5.74) is 1.75. The quantitative estimate of drug-likeness (QED) is 0.564. The molecular formula is C17H18N8OS. The minimum atomic E-state index is 0.237. The van der Waals surface area contributed by atoms with Gasteiger partial charge in [0.05, 0.1) is 6.54 Å². The van der Waals surface area contributed by atoms with Crippen molar-refractivity contribution >= 4 is 22.8 Å². The fraction of sp³-hybridized carbons (Fsp3) is 0.353. The number of anilines is 1.